The molecule has 1 aliphatic carbocycles. The van der Waals surface area contributed by atoms with Crippen LogP contribution in [0.25, 0.3) is 0 Å². The van der Waals surface area contributed by atoms with Crippen LogP contribution in [0.2, 0.25) is 0 Å². The second-order valence-corrected chi connectivity index (χ2v) is 3.74. The fourth-order valence-electron chi connectivity index (χ4n) is 1.98. The lowest BCUT2D eigenvalue weighted by molar-refractivity contribution is 0.607. The molecule has 0 bridgehead atoms. The minimum atomic E-state index is 0. The first-order valence-corrected chi connectivity index (χ1v) is 5.07. The molecule has 2 heteroatoms. The van der Waals surface area contributed by atoms with E-state index in [1.807, 2.05) is 6.07 Å². The average Bonchev–Trinajstić information content (AvgIpc) is 2.08. The predicted octanol–water partition coefficient (Wildman–Crippen LogP) is 2.28. The molecule has 2 nitrogen and oxygen atoms in total. The van der Waals surface area contributed by atoms with Gasteiger partial charge in [0.25, 0.3) is 0 Å². The van der Waals surface area contributed by atoms with Crippen LogP contribution in [0.1, 0.15) is 38.4 Å². The van der Waals surface area contributed by atoms with Gasteiger partial charge in [-0.3, -0.25) is 4.79 Å². The van der Waals surface area contributed by atoms with E-state index in [9.17, 15) is 4.79 Å². The maximum absolute atomic E-state index is 11.1. The van der Waals surface area contributed by atoms with E-state index in [4.69, 9.17) is 0 Å². The number of aromatic amines is 1. The van der Waals surface area contributed by atoms with Gasteiger partial charge in [-0.15, -0.1) is 0 Å². The van der Waals surface area contributed by atoms with Gasteiger partial charge in [-0.25, -0.2) is 0 Å². The number of hydrogen-bond acceptors (Lipinski definition) is 1. The zero-order valence-corrected chi connectivity index (χ0v) is 7.81. The molecule has 0 unspecified atom stereocenters. The van der Waals surface area contributed by atoms with E-state index < -0.39 is 0 Å². The van der Waals surface area contributed by atoms with Gasteiger partial charge in [0, 0.05) is 13.2 Å². The first-order chi connectivity index (χ1) is 6.36. The standard InChI is InChI=1S/C11H15NO.H2/c13-11-8-7-9-5-3-1-2-4-6-10(9)12-11;/h7-8H,1-6H2,(H,12,13);1H. The van der Waals surface area contributed by atoms with E-state index in [0.29, 0.717) is 0 Å². The Bertz CT molecular complexity index is 345. The monoisotopic (exact) mass is 179 g/mol. The fourth-order valence-corrected chi connectivity index (χ4v) is 1.98. The van der Waals surface area contributed by atoms with Gasteiger partial charge in [0.1, 0.15) is 0 Å². The molecule has 0 fully saturated rings. The van der Waals surface area contributed by atoms with E-state index in [1.54, 1.807) is 6.07 Å². The van der Waals surface area contributed by atoms with Crippen molar-refractivity contribution in [3.05, 3.63) is 33.7 Å². The van der Waals surface area contributed by atoms with Crippen LogP contribution < -0.4 is 5.56 Å². The van der Waals surface area contributed by atoms with Crippen molar-refractivity contribution in [3.63, 3.8) is 0 Å². The van der Waals surface area contributed by atoms with Crippen LogP contribution in [0.3, 0.4) is 0 Å². The van der Waals surface area contributed by atoms with Gasteiger partial charge < -0.3 is 4.98 Å². The summed E-state index contributed by atoms with van der Waals surface area (Å²) in [5, 5.41) is 0. The number of H-pyrrole nitrogens is 1. The summed E-state index contributed by atoms with van der Waals surface area (Å²) in [6, 6.07) is 3.62. The Morgan fingerprint density at radius 1 is 1.08 bits per heavy atom. The largest absolute Gasteiger partial charge is 0.326 e. The maximum Gasteiger partial charge on any atom is 0.248 e. The third-order valence-corrected chi connectivity index (χ3v) is 2.72. The highest BCUT2D eigenvalue weighted by atomic mass is 16.1. The van der Waals surface area contributed by atoms with Crippen LogP contribution in [0.15, 0.2) is 16.9 Å². The summed E-state index contributed by atoms with van der Waals surface area (Å²) < 4.78 is 0. The molecule has 0 aromatic carbocycles. The molecule has 0 spiro atoms. The van der Waals surface area contributed by atoms with Gasteiger partial charge in [0.05, 0.1) is 0 Å². The molecule has 1 heterocycles. The van der Waals surface area contributed by atoms with Crippen molar-refractivity contribution in [1.29, 1.82) is 0 Å². The van der Waals surface area contributed by atoms with Gasteiger partial charge in [0.15, 0.2) is 0 Å². The van der Waals surface area contributed by atoms with Crippen molar-refractivity contribution in [3.8, 4) is 0 Å². The molecule has 0 saturated carbocycles. The molecule has 1 aliphatic rings. The quantitative estimate of drug-likeness (QED) is 0.651. The highest BCUT2D eigenvalue weighted by molar-refractivity contribution is 5.20. The number of aryl methyl sites for hydroxylation is 2. The minimum Gasteiger partial charge on any atom is -0.326 e. The molecule has 0 saturated heterocycles. The SMILES string of the molecule is O=c1ccc2c([nH]1)CCCCCC2.[HH]. The van der Waals surface area contributed by atoms with E-state index >= 15 is 0 Å². The third kappa shape index (κ3) is 2.00. The summed E-state index contributed by atoms with van der Waals surface area (Å²) in [4.78, 5) is 14.0. The third-order valence-electron chi connectivity index (χ3n) is 2.72. The predicted molar refractivity (Wildman–Crippen MR) is 55.1 cm³/mol. The summed E-state index contributed by atoms with van der Waals surface area (Å²) in [5.41, 5.74) is 2.56. The first kappa shape index (κ1) is 8.54. The van der Waals surface area contributed by atoms with E-state index in [2.05, 4.69) is 4.98 Å². The Morgan fingerprint density at radius 2 is 1.85 bits per heavy atom. The van der Waals surface area contributed by atoms with Gasteiger partial charge in [0.2, 0.25) is 5.56 Å². The van der Waals surface area contributed by atoms with Gasteiger partial charge in [-0.05, 0) is 31.2 Å². The van der Waals surface area contributed by atoms with Crippen molar-refractivity contribution < 1.29 is 1.43 Å². The normalized spacial score (nSPS) is 17.2. The molecular formula is C11H17NO. The zero-order chi connectivity index (χ0) is 9.10. The highest BCUT2D eigenvalue weighted by Gasteiger charge is 2.06. The van der Waals surface area contributed by atoms with Gasteiger partial charge >= 0.3 is 0 Å². The second kappa shape index (κ2) is 3.77. The summed E-state index contributed by atoms with van der Waals surface area (Å²) in [6.07, 6.45) is 7.29. The minimum absolute atomic E-state index is 0. The Kier molecular flexibility index (Phi) is 2.48. The average molecular weight is 179 g/mol. The number of fused-ring (bicyclic) bond motifs is 1. The summed E-state index contributed by atoms with van der Waals surface area (Å²) in [6.45, 7) is 0. The number of nitrogens with one attached hydrogen (secondary N) is 1. The lowest BCUT2D eigenvalue weighted by Gasteiger charge is -2.12. The Hall–Kier alpha value is -1.05. The van der Waals surface area contributed by atoms with Crippen molar-refractivity contribution in [2.75, 3.05) is 0 Å². The lowest BCUT2D eigenvalue weighted by atomic mass is 9.97. The van der Waals surface area contributed by atoms with Crippen molar-refractivity contribution >= 4 is 0 Å². The van der Waals surface area contributed by atoms with E-state index in [0.717, 1.165) is 12.8 Å². The summed E-state index contributed by atoms with van der Waals surface area (Å²) in [5.74, 6) is 0. The highest BCUT2D eigenvalue weighted by Crippen LogP contribution is 2.16. The molecule has 0 aliphatic heterocycles. The van der Waals surface area contributed by atoms with Gasteiger partial charge in [-0.1, -0.05) is 18.9 Å². The van der Waals surface area contributed by atoms with Crippen molar-refractivity contribution in [2.45, 2.75) is 38.5 Å². The number of rotatable bonds is 0. The summed E-state index contributed by atoms with van der Waals surface area (Å²) >= 11 is 0. The maximum atomic E-state index is 11.1. The topological polar surface area (TPSA) is 32.9 Å². The van der Waals surface area contributed by atoms with Crippen molar-refractivity contribution in [2.24, 2.45) is 0 Å². The van der Waals surface area contributed by atoms with Gasteiger partial charge in [-0.2, -0.15) is 0 Å². The molecule has 13 heavy (non-hydrogen) atoms. The number of pyridine rings is 1. The molecule has 1 N–H and O–H groups in total. The van der Waals surface area contributed by atoms with E-state index in [-0.39, 0.29) is 6.99 Å². The molecule has 0 atom stereocenters. The van der Waals surface area contributed by atoms with Crippen LogP contribution in [0.4, 0.5) is 0 Å². The van der Waals surface area contributed by atoms with Crippen LogP contribution in [0.5, 0.6) is 0 Å². The summed E-state index contributed by atoms with van der Waals surface area (Å²) in [7, 11) is 0. The van der Waals surface area contributed by atoms with E-state index in [1.165, 1.54) is 36.9 Å². The molecule has 0 amide bonds. The van der Waals surface area contributed by atoms with Crippen molar-refractivity contribution in [1.82, 2.24) is 4.98 Å². The molecule has 2 rings (SSSR count). The van der Waals surface area contributed by atoms with Crippen LogP contribution in [-0.2, 0) is 12.8 Å². The first-order valence-electron chi connectivity index (χ1n) is 5.07. The number of hydrogen-bond donors (Lipinski definition) is 1. The molecule has 1 aromatic heterocycles. The smallest absolute Gasteiger partial charge is 0.248 e. The molecule has 1 aromatic rings. The Balaban J connectivity index is 0.000000980. The molecule has 72 valence electrons. The number of aromatic nitrogens is 1. The fraction of sp³-hybridized carbons (Fsp3) is 0.545. The van der Waals surface area contributed by atoms with Crippen LogP contribution in [0, 0.1) is 0 Å². The Morgan fingerprint density at radius 3 is 2.69 bits per heavy atom. The zero-order valence-electron chi connectivity index (χ0n) is 7.81. The molecule has 0 radical (unpaired) electrons. The lowest BCUT2D eigenvalue weighted by Crippen LogP contribution is -2.11. The Labute approximate surface area is 79.5 Å². The van der Waals surface area contributed by atoms with Crippen LogP contribution in [-0.4, -0.2) is 4.98 Å². The second-order valence-electron chi connectivity index (χ2n) is 3.74. The van der Waals surface area contributed by atoms with Crippen LogP contribution >= 0.6 is 0 Å². The molecular weight excluding hydrogens is 162 g/mol.